The molecule has 5 heteroatoms. The van der Waals surface area contributed by atoms with Crippen LogP contribution in [-0.4, -0.2) is 36.4 Å². The zero-order chi connectivity index (χ0) is 22.5. The smallest absolute Gasteiger partial charge is 0.269 e. The van der Waals surface area contributed by atoms with Crippen molar-refractivity contribution in [2.75, 3.05) is 19.8 Å². The summed E-state index contributed by atoms with van der Waals surface area (Å²) in [5.74, 6) is 0.564. The van der Waals surface area contributed by atoms with E-state index in [2.05, 4.69) is 45.1 Å². The molecule has 3 fully saturated rings. The number of carbonyl (C=O) groups is 1. The van der Waals surface area contributed by atoms with E-state index in [4.69, 9.17) is 14.5 Å². The highest BCUT2D eigenvalue weighted by Gasteiger charge is 2.41. The van der Waals surface area contributed by atoms with E-state index < -0.39 is 5.79 Å². The SMILES string of the molecule is Cc1cc(C(=O)NC[C@H]2CCCC3(C2)OCCO3)nc2c(C(C)(C)C)cc(C3CC3)cc12. The van der Waals surface area contributed by atoms with Gasteiger partial charge in [-0.3, -0.25) is 4.79 Å². The summed E-state index contributed by atoms with van der Waals surface area (Å²) in [6.07, 6.45) is 6.54. The summed E-state index contributed by atoms with van der Waals surface area (Å²) in [4.78, 5) is 18.0. The van der Waals surface area contributed by atoms with E-state index in [1.807, 2.05) is 6.07 Å². The topological polar surface area (TPSA) is 60.5 Å². The number of hydrogen-bond donors (Lipinski definition) is 1. The molecule has 1 atom stereocenters. The van der Waals surface area contributed by atoms with Gasteiger partial charge in [-0.05, 0) is 78.7 Å². The van der Waals surface area contributed by atoms with Gasteiger partial charge in [0.1, 0.15) is 5.69 Å². The second-order valence-corrected chi connectivity index (χ2v) is 11.1. The number of aryl methyl sites for hydroxylation is 1. The van der Waals surface area contributed by atoms with Crippen molar-refractivity contribution >= 4 is 16.8 Å². The first kappa shape index (κ1) is 21.8. The number of rotatable bonds is 4. The minimum atomic E-state index is -0.410. The molecule has 0 radical (unpaired) electrons. The van der Waals surface area contributed by atoms with Crippen LogP contribution >= 0.6 is 0 Å². The molecular formula is C27H36N2O3. The lowest BCUT2D eigenvalue weighted by Gasteiger charge is -2.36. The number of aromatic nitrogens is 1. The van der Waals surface area contributed by atoms with Crippen LogP contribution < -0.4 is 5.32 Å². The van der Waals surface area contributed by atoms with Crippen molar-refractivity contribution in [1.29, 1.82) is 0 Å². The quantitative estimate of drug-likeness (QED) is 0.699. The third-order valence-electron chi connectivity index (χ3n) is 7.37. The van der Waals surface area contributed by atoms with E-state index >= 15 is 0 Å². The number of benzene rings is 1. The zero-order valence-corrected chi connectivity index (χ0v) is 19.9. The summed E-state index contributed by atoms with van der Waals surface area (Å²) in [5, 5.41) is 4.33. The normalized spacial score (nSPS) is 23.1. The molecule has 1 amide bonds. The Morgan fingerprint density at radius 1 is 1.16 bits per heavy atom. The highest BCUT2D eigenvalue weighted by atomic mass is 16.7. The van der Waals surface area contributed by atoms with Crippen molar-refractivity contribution in [3.63, 3.8) is 0 Å². The Morgan fingerprint density at radius 2 is 1.91 bits per heavy atom. The monoisotopic (exact) mass is 436 g/mol. The summed E-state index contributed by atoms with van der Waals surface area (Å²) < 4.78 is 11.8. The molecule has 1 N–H and O–H groups in total. The van der Waals surface area contributed by atoms with Crippen LogP contribution in [0.3, 0.4) is 0 Å². The predicted octanol–water partition coefficient (Wildman–Crippen LogP) is 5.38. The van der Waals surface area contributed by atoms with Gasteiger partial charge >= 0.3 is 0 Å². The van der Waals surface area contributed by atoms with Gasteiger partial charge in [0.15, 0.2) is 5.79 Å². The molecule has 32 heavy (non-hydrogen) atoms. The highest BCUT2D eigenvalue weighted by molar-refractivity contribution is 5.97. The summed E-state index contributed by atoms with van der Waals surface area (Å²) in [5.41, 5.74) is 5.23. The Labute approximate surface area is 191 Å². The minimum Gasteiger partial charge on any atom is -0.350 e. The van der Waals surface area contributed by atoms with Gasteiger partial charge < -0.3 is 14.8 Å². The minimum absolute atomic E-state index is 0.0324. The Balaban J connectivity index is 1.38. The predicted molar refractivity (Wildman–Crippen MR) is 126 cm³/mol. The van der Waals surface area contributed by atoms with Gasteiger partial charge in [-0.2, -0.15) is 0 Å². The number of ether oxygens (including phenoxy) is 2. The molecule has 172 valence electrons. The molecule has 0 bridgehead atoms. The Morgan fingerprint density at radius 3 is 2.59 bits per heavy atom. The number of carbonyl (C=O) groups excluding carboxylic acids is 1. The van der Waals surface area contributed by atoms with Crippen LogP contribution in [0.5, 0.6) is 0 Å². The van der Waals surface area contributed by atoms with Crippen LogP contribution in [0.25, 0.3) is 10.9 Å². The second-order valence-electron chi connectivity index (χ2n) is 11.1. The number of pyridine rings is 1. The largest absolute Gasteiger partial charge is 0.350 e. The zero-order valence-electron chi connectivity index (χ0n) is 19.9. The van der Waals surface area contributed by atoms with Crippen molar-refractivity contribution in [3.8, 4) is 0 Å². The number of nitrogens with one attached hydrogen (secondary N) is 1. The van der Waals surface area contributed by atoms with Crippen LogP contribution in [0, 0.1) is 12.8 Å². The van der Waals surface area contributed by atoms with Crippen LogP contribution in [0.15, 0.2) is 18.2 Å². The van der Waals surface area contributed by atoms with Crippen LogP contribution in [0.1, 0.15) is 92.4 Å². The highest BCUT2D eigenvalue weighted by Crippen LogP contribution is 2.43. The van der Waals surface area contributed by atoms with Crippen molar-refractivity contribution < 1.29 is 14.3 Å². The maximum atomic E-state index is 13.1. The number of nitrogens with zero attached hydrogens (tertiary/aromatic N) is 1. The summed E-state index contributed by atoms with van der Waals surface area (Å²) in [6.45, 7) is 10.8. The average Bonchev–Trinajstić information content (AvgIpc) is 3.52. The molecule has 1 spiro atoms. The molecule has 2 saturated carbocycles. The van der Waals surface area contributed by atoms with Crippen molar-refractivity contribution in [2.24, 2.45) is 5.92 Å². The second kappa shape index (κ2) is 8.11. The molecule has 2 aliphatic carbocycles. The molecule has 0 unspecified atom stereocenters. The van der Waals surface area contributed by atoms with Gasteiger partial charge in [0.25, 0.3) is 5.91 Å². The van der Waals surface area contributed by atoms with Crippen molar-refractivity contribution in [1.82, 2.24) is 10.3 Å². The lowest BCUT2D eigenvalue weighted by molar-refractivity contribution is -0.186. The van der Waals surface area contributed by atoms with Gasteiger partial charge in [-0.25, -0.2) is 4.98 Å². The molecule has 1 aromatic carbocycles. The van der Waals surface area contributed by atoms with Gasteiger partial charge in [-0.1, -0.05) is 26.8 Å². The number of amides is 1. The van der Waals surface area contributed by atoms with Gasteiger partial charge in [-0.15, -0.1) is 0 Å². The summed E-state index contributed by atoms with van der Waals surface area (Å²) in [6, 6.07) is 6.58. The molecular weight excluding hydrogens is 400 g/mol. The van der Waals surface area contributed by atoms with E-state index in [9.17, 15) is 4.79 Å². The van der Waals surface area contributed by atoms with E-state index in [-0.39, 0.29) is 11.3 Å². The summed E-state index contributed by atoms with van der Waals surface area (Å²) in [7, 11) is 0. The molecule has 2 heterocycles. The van der Waals surface area contributed by atoms with Crippen LogP contribution in [0.2, 0.25) is 0 Å². The Kier molecular flexibility index (Phi) is 5.53. The first-order chi connectivity index (χ1) is 15.2. The van der Waals surface area contributed by atoms with E-state index in [0.717, 1.165) is 36.8 Å². The number of hydrogen-bond acceptors (Lipinski definition) is 4. The number of fused-ring (bicyclic) bond motifs is 1. The Bertz CT molecular complexity index is 1030. The fraction of sp³-hybridized carbons (Fsp3) is 0.630. The standard InChI is InChI=1S/C27H36N2O3/c1-17-12-23(25(30)28-16-18-6-5-9-27(15-18)31-10-11-32-27)29-24-21(17)13-20(19-7-8-19)14-22(24)26(2,3)4/h12-14,18-19H,5-11,15-16H2,1-4H3,(H,28,30)/t18-/m0/s1. The van der Waals surface area contributed by atoms with E-state index in [1.54, 1.807) is 0 Å². The van der Waals surface area contributed by atoms with Crippen LogP contribution in [0.4, 0.5) is 0 Å². The third-order valence-corrected chi connectivity index (χ3v) is 7.37. The van der Waals surface area contributed by atoms with Crippen LogP contribution in [-0.2, 0) is 14.9 Å². The van der Waals surface area contributed by atoms with Gasteiger partial charge in [0.05, 0.1) is 18.7 Å². The maximum absolute atomic E-state index is 13.1. The van der Waals surface area contributed by atoms with E-state index in [0.29, 0.717) is 37.3 Å². The van der Waals surface area contributed by atoms with E-state index in [1.165, 1.54) is 29.4 Å². The first-order valence-corrected chi connectivity index (χ1v) is 12.3. The maximum Gasteiger partial charge on any atom is 0.269 e. The molecule has 1 aromatic heterocycles. The molecule has 3 aliphatic rings. The molecule has 5 nitrogen and oxygen atoms in total. The molecule has 1 aliphatic heterocycles. The lowest BCUT2D eigenvalue weighted by atomic mass is 9.83. The first-order valence-electron chi connectivity index (χ1n) is 12.3. The Hall–Kier alpha value is -1.98. The summed E-state index contributed by atoms with van der Waals surface area (Å²) >= 11 is 0. The average molecular weight is 437 g/mol. The molecule has 2 aromatic rings. The molecule has 5 rings (SSSR count). The van der Waals surface area contributed by atoms with Gasteiger partial charge in [0, 0.05) is 24.8 Å². The van der Waals surface area contributed by atoms with Gasteiger partial charge in [0.2, 0.25) is 0 Å². The fourth-order valence-electron chi connectivity index (χ4n) is 5.42. The fourth-order valence-corrected chi connectivity index (χ4v) is 5.42. The van der Waals surface area contributed by atoms with Crippen molar-refractivity contribution in [3.05, 3.63) is 40.6 Å². The third kappa shape index (κ3) is 4.29. The lowest BCUT2D eigenvalue weighted by Crippen LogP contribution is -2.40. The van der Waals surface area contributed by atoms with Crippen molar-refractivity contribution in [2.45, 2.75) is 83.3 Å². The molecule has 1 saturated heterocycles.